The van der Waals surface area contributed by atoms with Crippen LogP contribution >= 0.6 is 0 Å². The van der Waals surface area contributed by atoms with Crippen LogP contribution in [0.3, 0.4) is 0 Å². The predicted molar refractivity (Wildman–Crippen MR) is 52.7 cm³/mol. The average molecular weight is 380 g/mol. The van der Waals surface area contributed by atoms with Gasteiger partial charge in [-0.15, -0.1) is 0 Å². The number of guanidine groups is 1. The van der Waals surface area contributed by atoms with E-state index < -0.39 is 30.5 Å². The Morgan fingerprint density at radius 3 is 2.85 bits per heavy atom. The van der Waals surface area contributed by atoms with Crippen molar-refractivity contribution >= 4 is 36.5 Å². The first-order chi connectivity index (χ1) is 6.16. The first kappa shape index (κ1) is 12.7. The molecule has 0 rings (SSSR count). The van der Waals surface area contributed by atoms with Crippen LogP contribution in [0, 0.1) is 0 Å². The standard InChI is InChI=1S/C6H13N3O2.CH3.Pb/c7-6(8)9-4-2-1-3-5(10)11;;/h1-4H2,(H5,7,8,9,10,11);1H3;/q;;+1/p-1. The number of aliphatic imine (C=N–C) groups is 1. The molecule has 0 unspecified atom stereocenters. The van der Waals surface area contributed by atoms with E-state index in [2.05, 4.69) is 12.6 Å². The molecule has 0 fully saturated rings. The Morgan fingerprint density at radius 1 is 1.62 bits per heavy atom. The summed E-state index contributed by atoms with van der Waals surface area (Å²) in [6.45, 7) is 0.621. The van der Waals surface area contributed by atoms with Crippen molar-refractivity contribution in [1.29, 1.82) is 0 Å². The molecule has 0 aliphatic heterocycles. The third-order valence-electron chi connectivity index (χ3n) is 1.33. The van der Waals surface area contributed by atoms with Crippen LogP contribution in [-0.4, -0.2) is 48.1 Å². The second-order valence-electron chi connectivity index (χ2n) is 2.49. The molecule has 6 heteroatoms. The van der Waals surface area contributed by atoms with Crippen molar-refractivity contribution in [1.82, 2.24) is 3.13 Å². The van der Waals surface area contributed by atoms with Gasteiger partial charge in [-0.3, -0.25) is 0 Å². The molecule has 2 radical (unpaired) electrons. The van der Waals surface area contributed by atoms with Gasteiger partial charge in [0.15, 0.2) is 0 Å². The number of hydrogen-bond donors (Lipinski definition) is 3. The number of nitrogens with two attached hydrogens (primary N) is 1. The Bertz CT molecular complexity index is 185. The average Bonchev–Trinajstić information content (AvgIpc) is 2.03. The van der Waals surface area contributed by atoms with E-state index in [0.29, 0.717) is 18.9 Å². The molecule has 0 heterocycles. The van der Waals surface area contributed by atoms with Crippen molar-refractivity contribution in [3.8, 4) is 0 Å². The normalized spacial score (nSPS) is 11.3. The minimum atomic E-state index is -0.751. The summed E-state index contributed by atoms with van der Waals surface area (Å²) < 4.78 is 5.18. The van der Waals surface area contributed by atoms with E-state index in [4.69, 9.17) is 10.8 Å². The Morgan fingerprint density at radius 2 is 2.31 bits per heavy atom. The molecule has 74 valence electrons. The fourth-order valence-corrected chi connectivity index (χ4v) is 2.06. The molecule has 4 N–H and O–H groups in total. The fraction of sp³-hybridized carbons (Fsp3) is 0.714. The van der Waals surface area contributed by atoms with Crippen molar-refractivity contribution < 1.29 is 9.90 Å². The van der Waals surface area contributed by atoms with Crippen molar-refractivity contribution in [3.63, 3.8) is 0 Å². The minimum absolute atomic E-state index is 0.217. The topological polar surface area (TPSA) is 87.7 Å². The van der Waals surface area contributed by atoms with Crippen LogP contribution in [0.15, 0.2) is 4.99 Å². The summed E-state index contributed by atoms with van der Waals surface area (Å²) in [7, 11) is 0. The first-order valence-corrected chi connectivity index (χ1v) is 9.94. The number of carboxylic acids is 1. The molecule has 0 saturated carbocycles. The molecule has 0 saturated heterocycles. The number of carbonyl (C=O) groups is 1. The van der Waals surface area contributed by atoms with Gasteiger partial charge in [-0.05, 0) is 0 Å². The number of rotatable bonds is 6. The second kappa shape index (κ2) is 8.27. The van der Waals surface area contributed by atoms with Gasteiger partial charge in [0, 0.05) is 0 Å². The molecule has 0 atom stereocenters. The van der Waals surface area contributed by atoms with Crippen molar-refractivity contribution in [3.05, 3.63) is 0 Å². The van der Waals surface area contributed by atoms with Crippen LogP contribution < -0.4 is 8.86 Å². The van der Waals surface area contributed by atoms with Gasteiger partial charge in [-0.2, -0.15) is 0 Å². The van der Waals surface area contributed by atoms with Gasteiger partial charge in [0.05, 0.1) is 0 Å². The molecule has 0 bridgehead atoms. The van der Waals surface area contributed by atoms with Crippen LogP contribution in [0.5, 0.6) is 0 Å². The van der Waals surface area contributed by atoms with E-state index in [-0.39, 0.29) is 6.42 Å². The SMILES string of the molecule is [CH3][Pb][NH]C(N)=NCCCCC(=O)O. The summed E-state index contributed by atoms with van der Waals surface area (Å²) in [5.74, 6) is -0.236. The molecule has 0 aromatic rings. The Hall–Kier alpha value is -0.338. The summed E-state index contributed by atoms with van der Waals surface area (Å²) in [6, 6.07) is 0. The second-order valence-corrected chi connectivity index (χ2v) is 5.41. The van der Waals surface area contributed by atoms with E-state index >= 15 is 0 Å². The number of unbranched alkanes of at least 4 members (excludes halogenated alkanes) is 1. The summed E-state index contributed by atoms with van der Waals surface area (Å²) in [4.78, 5) is 14.2. The van der Waals surface area contributed by atoms with E-state index in [1.54, 1.807) is 0 Å². The number of carboxylic acid groups (broad SMARTS) is 1. The molecule has 0 aromatic heterocycles. The zero-order chi connectivity index (χ0) is 10.1. The third kappa shape index (κ3) is 9.58. The van der Waals surface area contributed by atoms with Gasteiger partial charge in [-0.25, -0.2) is 0 Å². The summed E-state index contributed by atoms with van der Waals surface area (Å²) in [5, 5.41) is 8.34. The van der Waals surface area contributed by atoms with Crippen LogP contribution in [-0.2, 0) is 4.79 Å². The maximum absolute atomic E-state index is 10.1. The summed E-state index contributed by atoms with van der Waals surface area (Å²) in [6.07, 6.45) is 1.67. The maximum atomic E-state index is 10.1. The number of nitrogens with zero attached hydrogens (tertiary/aromatic N) is 1. The Labute approximate surface area is 90.4 Å². The van der Waals surface area contributed by atoms with Gasteiger partial charge in [-0.1, -0.05) is 0 Å². The van der Waals surface area contributed by atoms with E-state index in [9.17, 15) is 4.79 Å². The van der Waals surface area contributed by atoms with E-state index in [0.717, 1.165) is 6.42 Å². The fourth-order valence-electron chi connectivity index (χ4n) is 0.755. The Balaban J connectivity index is 3.33. The quantitative estimate of drug-likeness (QED) is 0.258. The van der Waals surface area contributed by atoms with Crippen molar-refractivity contribution in [2.45, 2.75) is 23.7 Å². The molecule has 13 heavy (non-hydrogen) atoms. The molecule has 0 spiro atoms. The molecule has 0 amide bonds. The molecule has 5 nitrogen and oxygen atoms in total. The monoisotopic (exact) mass is 381 g/mol. The third-order valence-corrected chi connectivity index (χ3v) is 3.30. The van der Waals surface area contributed by atoms with Crippen molar-refractivity contribution in [2.24, 2.45) is 10.7 Å². The van der Waals surface area contributed by atoms with Gasteiger partial charge in [0.25, 0.3) is 0 Å². The Kier molecular flexibility index (Phi) is 8.05. The van der Waals surface area contributed by atoms with Gasteiger partial charge < -0.3 is 0 Å². The molecule has 0 aliphatic rings. The summed E-state index contributed by atoms with van der Waals surface area (Å²) >= 11 is -0.702. The van der Waals surface area contributed by atoms with E-state index in [1.165, 1.54) is 0 Å². The molecular weight excluding hydrogens is 365 g/mol. The van der Waals surface area contributed by atoms with Gasteiger partial charge >= 0.3 is 90.5 Å². The van der Waals surface area contributed by atoms with E-state index in [1.807, 2.05) is 0 Å². The first-order valence-electron chi connectivity index (χ1n) is 4.11. The summed E-state index contributed by atoms with van der Waals surface area (Å²) in [5.41, 5.74) is 5.50. The molecule has 0 aliphatic carbocycles. The van der Waals surface area contributed by atoms with Gasteiger partial charge in [0.1, 0.15) is 0 Å². The number of nitrogens with one attached hydrogen (secondary N) is 1. The molecule has 0 aromatic carbocycles. The van der Waals surface area contributed by atoms with Crippen molar-refractivity contribution in [2.75, 3.05) is 6.54 Å². The predicted octanol–water partition coefficient (Wildman–Crippen LogP) is -0.187. The van der Waals surface area contributed by atoms with Crippen LogP contribution in [0.4, 0.5) is 0 Å². The number of hydrogen-bond acceptors (Lipinski definition) is 2. The van der Waals surface area contributed by atoms with Crippen LogP contribution in [0.25, 0.3) is 0 Å². The van der Waals surface area contributed by atoms with Crippen LogP contribution in [0.2, 0.25) is 4.48 Å². The van der Waals surface area contributed by atoms with Gasteiger partial charge in [0.2, 0.25) is 0 Å². The zero-order valence-corrected chi connectivity index (χ0v) is 11.6. The molecular formula is C7H15N3O2Pb. The number of aliphatic carboxylic acids is 1. The van der Waals surface area contributed by atoms with Crippen LogP contribution in [0.1, 0.15) is 19.3 Å². The zero-order valence-electron chi connectivity index (χ0n) is 7.71.